The zero-order valence-corrected chi connectivity index (χ0v) is 19.6. The Morgan fingerprint density at radius 1 is 1.34 bits per heavy atom. The molecular formula is C21H20BrClFN5O3. The number of carbonyl (C=O) groups is 1. The second-order valence-electron chi connectivity index (χ2n) is 7.36. The topological polar surface area (TPSA) is 88.6 Å². The van der Waals surface area contributed by atoms with E-state index in [4.69, 9.17) is 21.1 Å². The molecule has 0 unspecified atom stereocenters. The summed E-state index contributed by atoms with van der Waals surface area (Å²) in [6, 6.07) is 6.50. The standard InChI is InChI=1S/C21H20BrClFN5O3/c1-29-7-11(27-18(30)8-29)9-32-17-6-15-12(5-16(17)31-2)21(26-10-25-15)28-14-4-3-13(22)19(23)20(14)24/h3-6,10-11H,7-9H2,1-2H3,(H,27,30)(H,25,26,28)/t11-/m0/s1. The van der Waals surface area contributed by atoms with Gasteiger partial charge in [0.1, 0.15) is 18.8 Å². The lowest BCUT2D eigenvalue weighted by molar-refractivity contribution is -0.125. The number of fused-ring (bicyclic) bond motifs is 1. The lowest BCUT2D eigenvalue weighted by Gasteiger charge is -2.30. The van der Waals surface area contributed by atoms with E-state index in [-0.39, 0.29) is 29.3 Å². The number of rotatable bonds is 6. The molecule has 2 aromatic carbocycles. The van der Waals surface area contributed by atoms with Crippen LogP contribution in [0.4, 0.5) is 15.9 Å². The molecule has 1 atom stereocenters. The van der Waals surface area contributed by atoms with E-state index < -0.39 is 5.82 Å². The first-order valence-corrected chi connectivity index (χ1v) is 10.9. The van der Waals surface area contributed by atoms with Gasteiger partial charge < -0.3 is 20.1 Å². The fourth-order valence-electron chi connectivity index (χ4n) is 3.48. The van der Waals surface area contributed by atoms with E-state index in [1.807, 2.05) is 11.9 Å². The van der Waals surface area contributed by atoms with Gasteiger partial charge in [-0.05, 0) is 41.2 Å². The van der Waals surface area contributed by atoms with Crippen molar-refractivity contribution in [2.24, 2.45) is 0 Å². The molecule has 168 valence electrons. The Morgan fingerprint density at radius 2 is 2.16 bits per heavy atom. The SMILES string of the molecule is COc1cc2c(Nc3ccc(Br)c(Cl)c3F)ncnc2cc1OC[C@@H]1CN(C)CC(=O)N1. The van der Waals surface area contributed by atoms with Crippen LogP contribution in [0.15, 0.2) is 35.1 Å². The van der Waals surface area contributed by atoms with Crippen LogP contribution in [0.2, 0.25) is 5.02 Å². The first kappa shape index (κ1) is 22.5. The zero-order chi connectivity index (χ0) is 22.8. The van der Waals surface area contributed by atoms with Crippen LogP contribution in [-0.2, 0) is 4.79 Å². The maximum Gasteiger partial charge on any atom is 0.234 e. The molecule has 11 heteroatoms. The molecule has 2 N–H and O–H groups in total. The molecule has 1 aliphatic rings. The number of carbonyl (C=O) groups excluding carboxylic acids is 1. The minimum Gasteiger partial charge on any atom is -0.493 e. The normalized spacial score (nSPS) is 16.7. The van der Waals surface area contributed by atoms with Crippen LogP contribution < -0.4 is 20.1 Å². The Kier molecular flexibility index (Phi) is 6.63. The molecule has 0 aliphatic carbocycles. The van der Waals surface area contributed by atoms with Crippen molar-refractivity contribution in [3.05, 3.63) is 45.9 Å². The summed E-state index contributed by atoms with van der Waals surface area (Å²) in [6.45, 7) is 1.32. The van der Waals surface area contributed by atoms with Gasteiger partial charge in [0.25, 0.3) is 0 Å². The number of ether oxygens (including phenoxy) is 2. The summed E-state index contributed by atoms with van der Waals surface area (Å²) in [5, 5.41) is 6.46. The van der Waals surface area contributed by atoms with Crippen molar-refractivity contribution in [1.29, 1.82) is 0 Å². The molecule has 0 saturated carbocycles. The van der Waals surface area contributed by atoms with Gasteiger partial charge in [-0.1, -0.05) is 11.6 Å². The van der Waals surface area contributed by atoms with Gasteiger partial charge in [0.2, 0.25) is 5.91 Å². The third kappa shape index (κ3) is 4.72. The highest BCUT2D eigenvalue weighted by Gasteiger charge is 2.23. The number of amides is 1. The molecular weight excluding hydrogens is 505 g/mol. The molecule has 0 bridgehead atoms. The average molecular weight is 525 g/mol. The van der Waals surface area contributed by atoms with Crippen molar-refractivity contribution in [3.8, 4) is 11.5 Å². The molecule has 8 nitrogen and oxygen atoms in total. The van der Waals surface area contributed by atoms with Crippen molar-refractivity contribution in [3.63, 3.8) is 0 Å². The summed E-state index contributed by atoms with van der Waals surface area (Å²) in [5.74, 6) is 0.684. The Morgan fingerprint density at radius 3 is 2.91 bits per heavy atom. The number of piperazine rings is 1. The molecule has 0 radical (unpaired) electrons. The largest absolute Gasteiger partial charge is 0.493 e. The molecule has 3 aromatic rings. The minimum atomic E-state index is -0.598. The van der Waals surface area contributed by atoms with E-state index in [0.717, 1.165) is 0 Å². The van der Waals surface area contributed by atoms with Gasteiger partial charge in [-0.3, -0.25) is 9.69 Å². The van der Waals surface area contributed by atoms with Gasteiger partial charge in [-0.25, -0.2) is 14.4 Å². The minimum absolute atomic E-state index is 0.0259. The maximum atomic E-state index is 14.5. The van der Waals surface area contributed by atoms with Crippen molar-refractivity contribution >= 4 is 55.8 Å². The summed E-state index contributed by atoms with van der Waals surface area (Å²) in [6.07, 6.45) is 1.37. The molecule has 32 heavy (non-hydrogen) atoms. The molecule has 1 fully saturated rings. The van der Waals surface area contributed by atoms with E-state index in [2.05, 4.69) is 36.5 Å². The van der Waals surface area contributed by atoms with Crippen LogP contribution in [0.25, 0.3) is 10.9 Å². The number of likely N-dealkylation sites (N-methyl/N-ethyl adjacent to an activating group) is 1. The first-order chi connectivity index (χ1) is 15.4. The van der Waals surface area contributed by atoms with Crippen molar-refractivity contribution in [2.45, 2.75) is 6.04 Å². The monoisotopic (exact) mass is 523 g/mol. The highest BCUT2D eigenvalue weighted by atomic mass is 79.9. The predicted molar refractivity (Wildman–Crippen MR) is 123 cm³/mol. The number of methoxy groups -OCH3 is 1. The Bertz CT molecular complexity index is 1180. The number of anilines is 2. The molecule has 1 saturated heterocycles. The van der Waals surface area contributed by atoms with Crippen LogP contribution in [0.1, 0.15) is 0 Å². The Hall–Kier alpha value is -2.69. The Labute approximate surface area is 197 Å². The van der Waals surface area contributed by atoms with E-state index in [1.54, 1.807) is 24.3 Å². The van der Waals surface area contributed by atoms with Gasteiger partial charge in [0.05, 0.1) is 35.9 Å². The fourth-order valence-corrected chi connectivity index (χ4v) is 3.95. The number of nitrogens with zero attached hydrogens (tertiary/aromatic N) is 3. The summed E-state index contributed by atoms with van der Waals surface area (Å²) in [5.41, 5.74) is 0.751. The van der Waals surface area contributed by atoms with E-state index in [1.165, 1.54) is 13.4 Å². The quantitative estimate of drug-likeness (QED) is 0.475. The third-order valence-electron chi connectivity index (χ3n) is 4.96. The van der Waals surface area contributed by atoms with Crippen molar-refractivity contribution < 1.29 is 18.7 Å². The summed E-state index contributed by atoms with van der Waals surface area (Å²) in [7, 11) is 3.41. The summed E-state index contributed by atoms with van der Waals surface area (Å²) >= 11 is 9.19. The maximum absolute atomic E-state index is 14.5. The van der Waals surface area contributed by atoms with Gasteiger partial charge in [0, 0.05) is 22.5 Å². The second-order valence-corrected chi connectivity index (χ2v) is 8.59. The van der Waals surface area contributed by atoms with E-state index in [9.17, 15) is 9.18 Å². The second kappa shape index (κ2) is 9.43. The number of hydrogen-bond donors (Lipinski definition) is 2. The van der Waals surface area contributed by atoms with Crippen LogP contribution in [0.5, 0.6) is 11.5 Å². The molecule has 4 rings (SSSR count). The van der Waals surface area contributed by atoms with Gasteiger partial charge >= 0.3 is 0 Å². The van der Waals surface area contributed by atoms with E-state index >= 15 is 0 Å². The predicted octanol–water partition coefficient (Wildman–Crippen LogP) is 3.75. The van der Waals surface area contributed by atoms with Crippen molar-refractivity contribution in [2.75, 3.05) is 39.2 Å². The van der Waals surface area contributed by atoms with Gasteiger partial charge in [-0.15, -0.1) is 0 Å². The van der Waals surface area contributed by atoms with Crippen LogP contribution >= 0.6 is 27.5 Å². The highest BCUT2D eigenvalue weighted by molar-refractivity contribution is 9.10. The number of benzene rings is 2. The van der Waals surface area contributed by atoms with Gasteiger partial charge in [0.15, 0.2) is 17.3 Å². The van der Waals surface area contributed by atoms with E-state index in [0.29, 0.717) is 45.8 Å². The Balaban J connectivity index is 1.61. The number of hydrogen-bond acceptors (Lipinski definition) is 7. The summed E-state index contributed by atoms with van der Waals surface area (Å²) in [4.78, 5) is 22.2. The van der Waals surface area contributed by atoms with Crippen LogP contribution in [0.3, 0.4) is 0 Å². The fraction of sp³-hybridized carbons (Fsp3) is 0.286. The summed E-state index contributed by atoms with van der Waals surface area (Å²) < 4.78 is 26.4. The number of nitrogens with one attached hydrogen (secondary N) is 2. The highest BCUT2D eigenvalue weighted by Crippen LogP contribution is 2.36. The molecule has 2 heterocycles. The molecule has 1 amide bonds. The first-order valence-electron chi connectivity index (χ1n) is 9.69. The van der Waals surface area contributed by atoms with Gasteiger partial charge in [-0.2, -0.15) is 0 Å². The molecule has 1 aromatic heterocycles. The van der Waals surface area contributed by atoms with Crippen molar-refractivity contribution in [1.82, 2.24) is 20.2 Å². The van der Waals surface area contributed by atoms with Crippen LogP contribution in [0, 0.1) is 5.82 Å². The smallest absolute Gasteiger partial charge is 0.234 e. The average Bonchev–Trinajstić information content (AvgIpc) is 2.77. The zero-order valence-electron chi connectivity index (χ0n) is 17.3. The lowest BCUT2D eigenvalue weighted by atomic mass is 10.2. The van der Waals surface area contributed by atoms with Crippen LogP contribution in [-0.4, -0.2) is 60.7 Å². The third-order valence-corrected chi connectivity index (χ3v) is 6.22. The number of aromatic nitrogens is 2. The molecule has 0 spiro atoms. The molecule has 1 aliphatic heterocycles. The number of halogens is 3. The lowest BCUT2D eigenvalue weighted by Crippen LogP contribution is -2.54.